The molecule has 0 bridgehead atoms. The lowest BCUT2D eigenvalue weighted by Gasteiger charge is -2.06. The number of amidine groups is 1. The first-order valence-corrected chi connectivity index (χ1v) is 5.57. The molecule has 104 valence electrons. The third-order valence-electron chi connectivity index (χ3n) is 2.68. The maximum Gasteiger partial charge on any atom is 0.328 e. The van der Waals surface area contributed by atoms with Crippen molar-refractivity contribution in [2.24, 2.45) is 10.9 Å². The Kier molecular flexibility index (Phi) is 3.65. The second-order valence-corrected chi connectivity index (χ2v) is 4.05. The molecule has 4 N–H and O–H groups in total. The van der Waals surface area contributed by atoms with E-state index >= 15 is 0 Å². The van der Waals surface area contributed by atoms with Crippen LogP contribution in [-0.2, 0) is 6.54 Å². The van der Waals surface area contributed by atoms with E-state index in [4.69, 9.17) is 10.9 Å². The van der Waals surface area contributed by atoms with Crippen LogP contribution < -0.4 is 17.0 Å². The first kappa shape index (κ1) is 13.5. The Balaban J connectivity index is 2.29. The largest absolute Gasteiger partial charge is 0.409 e. The van der Waals surface area contributed by atoms with Crippen LogP contribution in [0.15, 0.2) is 45.2 Å². The average Bonchev–Trinajstić information content (AvgIpc) is 2.44. The second kappa shape index (κ2) is 5.39. The van der Waals surface area contributed by atoms with Gasteiger partial charge in [-0.1, -0.05) is 29.4 Å². The molecule has 0 aliphatic carbocycles. The van der Waals surface area contributed by atoms with E-state index in [0.717, 1.165) is 10.8 Å². The molecule has 2 rings (SSSR count). The van der Waals surface area contributed by atoms with Crippen molar-refractivity contribution in [3.05, 3.63) is 68.2 Å². The molecular weight excluding hydrogens is 267 g/mol. The van der Waals surface area contributed by atoms with Crippen molar-refractivity contribution >= 4 is 5.84 Å². The molecule has 0 atom stereocenters. The molecule has 1 aromatic carbocycles. The van der Waals surface area contributed by atoms with Crippen LogP contribution in [0.4, 0.5) is 4.39 Å². The minimum Gasteiger partial charge on any atom is -0.409 e. The van der Waals surface area contributed by atoms with E-state index in [9.17, 15) is 14.0 Å². The van der Waals surface area contributed by atoms with Crippen LogP contribution in [0.1, 0.15) is 11.1 Å². The van der Waals surface area contributed by atoms with E-state index in [0.29, 0.717) is 11.1 Å². The number of H-pyrrole nitrogens is 1. The number of nitrogens with one attached hydrogen (secondary N) is 1. The lowest BCUT2D eigenvalue weighted by Crippen LogP contribution is -2.31. The van der Waals surface area contributed by atoms with Crippen LogP contribution in [-0.4, -0.2) is 20.6 Å². The van der Waals surface area contributed by atoms with Gasteiger partial charge in [0.25, 0.3) is 5.56 Å². The van der Waals surface area contributed by atoms with Gasteiger partial charge in [-0.05, 0) is 5.56 Å². The first-order chi connectivity index (χ1) is 9.51. The summed E-state index contributed by atoms with van der Waals surface area (Å²) in [6, 6.07) is 6.47. The van der Waals surface area contributed by atoms with Gasteiger partial charge in [-0.3, -0.25) is 14.3 Å². The van der Waals surface area contributed by atoms with E-state index in [1.54, 1.807) is 24.3 Å². The van der Waals surface area contributed by atoms with Crippen molar-refractivity contribution in [3.63, 3.8) is 0 Å². The summed E-state index contributed by atoms with van der Waals surface area (Å²) in [6.07, 6.45) is 0.846. The maximum atomic E-state index is 13.1. The highest BCUT2D eigenvalue weighted by molar-refractivity contribution is 5.96. The van der Waals surface area contributed by atoms with Gasteiger partial charge in [-0.2, -0.15) is 4.39 Å². The van der Waals surface area contributed by atoms with Gasteiger partial charge in [0.2, 0.25) is 5.82 Å². The molecule has 0 saturated carbocycles. The van der Waals surface area contributed by atoms with Gasteiger partial charge in [0.15, 0.2) is 5.84 Å². The van der Waals surface area contributed by atoms with Crippen molar-refractivity contribution in [1.82, 2.24) is 9.55 Å². The maximum absolute atomic E-state index is 13.1. The number of aromatic amines is 1. The molecule has 0 saturated heterocycles. The standard InChI is InChI=1S/C12H11FN4O3/c13-9-6-17(12(19)15-11(9)18)5-7-1-3-8(4-2-7)10(14)16-20/h1-4,6,20H,5H2,(H2,14,16)(H,15,18,19). The van der Waals surface area contributed by atoms with Gasteiger partial charge < -0.3 is 10.9 Å². The molecule has 0 fully saturated rings. The number of hydrogen-bond acceptors (Lipinski definition) is 4. The van der Waals surface area contributed by atoms with Crippen molar-refractivity contribution in [2.75, 3.05) is 0 Å². The lowest BCUT2D eigenvalue weighted by molar-refractivity contribution is 0.318. The summed E-state index contributed by atoms with van der Waals surface area (Å²) < 4.78 is 14.2. The number of hydrogen-bond donors (Lipinski definition) is 3. The molecule has 0 aliphatic heterocycles. The lowest BCUT2D eigenvalue weighted by atomic mass is 10.1. The average molecular weight is 278 g/mol. The Bertz CT molecular complexity index is 762. The molecular formula is C12H11FN4O3. The Morgan fingerprint density at radius 3 is 2.60 bits per heavy atom. The highest BCUT2D eigenvalue weighted by atomic mass is 19.1. The predicted octanol–water partition coefficient (Wildman–Crippen LogP) is -0.182. The fourth-order valence-electron chi connectivity index (χ4n) is 1.64. The summed E-state index contributed by atoms with van der Waals surface area (Å²) in [7, 11) is 0. The van der Waals surface area contributed by atoms with E-state index in [-0.39, 0.29) is 12.4 Å². The summed E-state index contributed by atoms with van der Waals surface area (Å²) in [4.78, 5) is 24.3. The van der Waals surface area contributed by atoms with Crippen LogP contribution in [0.25, 0.3) is 0 Å². The van der Waals surface area contributed by atoms with Gasteiger partial charge in [-0.15, -0.1) is 0 Å². The van der Waals surface area contributed by atoms with Crippen LogP contribution in [0, 0.1) is 5.82 Å². The number of benzene rings is 1. The highest BCUT2D eigenvalue weighted by Gasteiger charge is 2.05. The number of aromatic nitrogens is 2. The van der Waals surface area contributed by atoms with Gasteiger partial charge in [-0.25, -0.2) is 4.79 Å². The zero-order valence-corrected chi connectivity index (χ0v) is 10.2. The van der Waals surface area contributed by atoms with Crippen molar-refractivity contribution in [3.8, 4) is 0 Å². The van der Waals surface area contributed by atoms with E-state index in [1.807, 2.05) is 4.98 Å². The topological polar surface area (TPSA) is 113 Å². The second-order valence-electron chi connectivity index (χ2n) is 4.05. The van der Waals surface area contributed by atoms with E-state index < -0.39 is 17.1 Å². The molecule has 7 nitrogen and oxygen atoms in total. The molecule has 0 amide bonds. The molecule has 20 heavy (non-hydrogen) atoms. The molecule has 0 spiro atoms. The Morgan fingerprint density at radius 2 is 2.00 bits per heavy atom. The van der Waals surface area contributed by atoms with Crippen molar-refractivity contribution < 1.29 is 9.60 Å². The van der Waals surface area contributed by atoms with E-state index in [1.165, 1.54) is 0 Å². The molecule has 8 heteroatoms. The number of nitrogens with zero attached hydrogens (tertiary/aromatic N) is 2. The number of nitrogens with two attached hydrogens (primary N) is 1. The van der Waals surface area contributed by atoms with Gasteiger partial charge in [0, 0.05) is 5.56 Å². The summed E-state index contributed by atoms with van der Waals surface area (Å²) in [5, 5.41) is 11.4. The summed E-state index contributed by atoms with van der Waals surface area (Å²) >= 11 is 0. The fourth-order valence-corrected chi connectivity index (χ4v) is 1.64. The number of rotatable bonds is 3. The third-order valence-corrected chi connectivity index (χ3v) is 2.68. The minimum atomic E-state index is -1.05. The highest BCUT2D eigenvalue weighted by Crippen LogP contribution is 2.05. The third kappa shape index (κ3) is 2.74. The summed E-state index contributed by atoms with van der Waals surface area (Å²) in [5.41, 5.74) is 4.87. The quantitative estimate of drug-likeness (QED) is 0.313. The van der Waals surface area contributed by atoms with Crippen LogP contribution in [0.3, 0.4) is 0 Å². The van der Waals surface area contributed by atoms with Crippen LogP contribution in [0.2, 0.25) is 0 Å². The molecule has 2 aromatic rings. The zero-order chi connectivity index (χ0) is 14.7. The van der Waals surface area contributed by atoms with Gasteiger partial charge in [0.05, 0.1) is 12.7 Å². The Labute approximate surface area is 111 Å². The summed E-state index contributed by atoms with van der Waals surface area (Å²) in [5.74, 6) is -1.07. The minimum absolute atomic E-state index is 0.0381. The normalized spacial score (nSPS) is 11.6. The monoisotopic (exact) mass is 278 g/mol. The molecule has 0 radical (unpaired) electrons. The number of oxime groups is 1. The van der Waals surface area contributed by atoms with Crippen LogP contribution >= 0.6 is 0 Å². The SMILES string of the molecule is N/C(=N\O)c1ccc(Cn2cc(F)c(=O)[nH]c2=O)cc1. The fraction of sp³-hybridized carbons (Fsp3) is 0.0833. The van der Waals surface area contributed by atoms with Crippen molar-refractivity contribution in [2.45, 2.75) is 6.54 Å². The first-order valence-electron chi connectivity index (χ1n) is 5.57. The summed E-state index contributed by atoms with van der Waals surface area (Å²) in [6.45, 7) is 0.0863. The zero-order valence-electron chi connectivity index (χ0n) is 10.2. The molecule has 0 aliphatic rings. The molecule has 1 heterocycles. The molecule has 0 unspecified atom stereocenters. The Hall–Kier alpha value is -2.90. The Morgan fingerprint density at radius 1 is 1.35 bits per heavy atom. The van der Waals surface area contributed by atoms with Crippen molar-refractivity contribution in [1.29, 1.82) is 0 Å². The van der Waals surface area contributed by atoms with Crippen LogP contribution in [0.5, 0.6) is 0 Å². The van der Waals surface area contributed by atoms with Gasteiger partial charge in [0.1, 0.15) is 0 Å². The van der Waals surface area contributed by atoms with E-state index in [2.05, 4.69) is 5.16 Å². The molecule has 1 aromatic heterocycles. The smallest absolute Gasteiger partial charge is 0.328 e. The predicted molar refractivity (Wildman–Crippen MR) is 69.3 cm³/mol. The van der Waals surface area contributed by atoms with Gasteiger partial charge >= 0.3 is 5.69 Å². The number of halogens is 1.